The molecule has 2 N–H and O–H groups in total. The lowest BCUT2D eigenvalue weighted by atomic mass is 10.0. The van der Waals surface area contributed by atoms with E-state index in [9.17, 15) is 4.79 Å². The van der Waals surface area contributed by atoms with E-state index in [0.29, 0.717) is 24.9 Å². The molecule has 0 aliphatic rings. The maximum atomic E-state index is 11.6. The number of hydrogen-bond donors (Lipinski definition) is 1. The number of esters is 1. The van der Waals surface area contributed by atoms with Gasteiger partial charge in [-0.1, -0.05) is 32.4 Å². The predicted octanol–water partition coefficient (Wildman–Crippen LogP) is 3.68. The van der Waals surface area contributed by atoms with Crippen LogP contribution in [0.4, 0.5) is 0 Å². The van der Waals surface area contributed by atoms with Gasteiger partial charge in [0, 0.05) is 0 Å². The Hall–Kier alpha value is -0.830. The highest BCUT2D eigenvalue weighted by Gasteiger charge is 2.16. The second-order valence-electron chi connectivity index (χ2n) is 6.16. The summed E-state index contributed by atoms with van der Waals surface area (Å²) in [7, 11) is 0. The number of ether oxygens (including phenoxy) is 1. The fourth-order valence-corrected chi connectivity index (χ4v) is 1.87. The number of carbonyl (C=O) groups is 1. The van der Waals surface area contributed by atoms with Crippen LogP contribution in [-0.2, 0) is 9.53 Å². The molecule has 0 heterocycles. The van der Waals surface area contributed by atoms with Crippen molar-refractivity contribution in [1.82, 2.24) is 0 Å². The first-order chi connectivity index (χ1) is 8.82. The number of carbonyl (C=O) groups excluding carboxylic acids is 1. The van der Waals surface area contributed by atoms with E-state index in [1.54, 1.807) is 0 Å². The highest BCUT2D eigenvalue weighted by Crippen LogP contribution is 2.12. The predicted molar refractivity (Wildman–Crippen MR) is 80.8 cm³/mol. The molecule has 3 heteroatoms. The normalized spacial score (nSPS) is 14.1. The van der Waals surface area contributed by atoms with Gasteiger partial charge < -0.3 is 10.5 Å². The summed E-state index contributed by atoms with van der Waals surface area (Å²) in [5.74, 6) is 0.737. The van der Waals surface area contributed by atoms with E-state index < -0.39 is 6.04 Å². The third kappa shape index (κ3) is 10.8. The highest BCUT2D eigenvalue weighted by molar-refractivity contribution is 5.75. The van der Waals surface area contributed by atoms with Gasteiger partial charge in [-0.3, -0.25) is 4.79 Å². The molecule has 1 unspecified atom stereocenters. The van der Waals surface area contributed by atoms with Gasteiger partial charge >= 0.3 is 5.97 Å². The van der Waals surface area contributed by atoms with Crippen molar-refractivity contribution in [2.24, 2.45) is 17.6 Å². The van der Waals surface area contributed by atoms with Gasteiger partial charge in [0.1, 0.15) is 6.04 Å². The minimum Gasteiger partial charge on any atom is -0.465 e. The standard InChI is InChI=1S/C16H31NO2/c1-12(2)7-6-8-14(5)9-10-19-16(18)15(17)11-13(3)4/h7,13-15H,6,8-11,17H2,1-5H3/t14?,15-/m0/s1. The van der Waals surface area contributed by atoms with Gasteiger partial charge in [0.2, 0.25) is 0 Å². The van der Waals surface area contributed by atoms with Gasteiger partial charge in [0.15, 0.2) is 0 Å². The van der Waals surface area contributed by atoms with Crippen LogP contribution in [0.25, 0.3) is 0 Å². The molecule has 0 spiro atoms. The van der Waals surface area contributed by atoms with Crippen LogP contribution in [0.2, 0.25) is 0 Å². The van der Waals surface area contributed by atoms with Crippen molar-refractivity contribution >= 4 is 5.97 Å². The van der Waals surface area contributed by atoms with E-state index >= 15 is 0 Å². The number of allylic oxidation sites excluding steroid dienone is 2. The SMILES string of the molecule is CC(C)=CCCC(C)CCOC(=O)[C@@H](N)CC(C)C. The molecule has 2 atom stereocenters. The van der Waals surface area contributed by atoms with E-state index in [0.717, 1.165) is 19.3 Å². The summed E-state index contributed by atoms with van der Waals surface area (Å²) in [5, 5.41) is 0. The second kappa shape index (κ2) is 10.0. The van der Waals surface area contributed by atoms with Crippen LogP contribution in [0.5, 0.6) is 0 Å². The number of nitrogens with two attached hydrogens (primary N) is 1. The first-order valence-corrected chi connectivity index (χ1v) is 7.38. The maximum Gasteiger partial charge on any atom is 0.322 e. The van der Waals surface area contributed by atoms with Gasteiger partial charge in [-0.05, 0) is 51.4 Å². The Labute approximate surface area is 118 Å². The molecule has 0 aliphatic carbocycles. The molecule has 0 amide bonds. The molecule has 112 valence electrons. The molecular weight excluding hydrogens is 238 g/mol. The molecule has 19 heavy (non-hydrogen) atoms. The average Bonchev–Trinajstić information content (AvgIpc) is 2.27. The van der Waals surface area contributed by atoms with Crippen LogP contribution >= 0.6 is 0 Å². The average molecular weight is 269 g/mol. The fourth-order valence-electron chi connectivity index (χ4n) is 1.87. The van der Waals surface area contributed by atoms with Gasteiger partial charge in [0.25, 0.3) is 0 Å². The van der Waals surface area contributed by atoms with Crippen molar-refractivity contribution in [2.45, 2.75) is 66.3 Å². The minimum atomic E-state index is -0.471. The monoisotopic (exact) mass is 269 g/mol. The van der Waals surface area contributed by atoms with Crippen molar-refractivity contribution in [1.29, 1.82) is 0 Å². The topological polar surface area (TPSA) is 52.3 Å². The van der Waals surface area contributed by atoms with E-state index in [1.165, 1.54) is 5.57 Å². The number of rotatable bonds is 9. The van der Waals surface area contributed by atoms with Crippen molar-refractivity contribution in [3.05, 3.63) is 11.6 Å². The van der Waals surface area contributed by atoms with Crippen LogP contribution in [-0.4, -0.2) is 18.6 Å². The first kappa shape index (κ1) is 18.2. The zero-order valence-electron chi connectivity index (χ0n) is 13.2. The summed E-state index contributed by atoms with van der Waals surface area (Å²) in [5.41, 5.74) is 7.13. The molecule has 0 rings (SSSR count). The van der Waals surface area contributed by atoms with Gasteiger partial charge in [0.05, 0.1) is 6.61 Å². The molecule has 3 nitrogen and oxygen atoms in total. The summed E-state index contributed by atoms with van der Waals surface area (Å²) >= 11 is 0. The van der Waals surface area contributed by atoms with Crippen molar-refractivity contribution < 1.29 is 9.53 Å². The molecular formula is C16H31NO2. The van der Waals surface area contributed by atoms with E-state index in [1.807, 2.05) is 0 Å². The highest BCUT2D eigenvalue weighted by atomic mass is 16.5. The molecule has 0 aromatic carbocycles. The first-order valence-electron chi connectivity index (χ1n) is 7.38. The Kier molecular flexibility index (Phi) is 9.58. The lowest BCUT2D eigenvalue weighted by molar-refractivity contribution is -0.146. The van der Waals surface area contributed by atoms with E-state index in [2.05, 4.69) is 40.7 Å². The van der Waals surface area contributed by atoms with E-state index in [-0.39, 0.29) is 5.97 Å². The summed E-state index contributed by atoms with van der Waals surface area (Å²) in [6, 6.07) is -0.471. The molecule has 0 saturated heterocycles. The summed E-state index contributed by atoms with van der Waals surface area (Å²) in [4.78, 5) is 11.6. The maximum absolute atomic E-state index is 11.6. The fraction of sp³-hybridized carbons (Fsp3) is 0.812. The van der Waals surface area contributed by atoms with Gasteiger partial charge in [-0.2, -0.15) is 0 Å². The third-order valence-corrected chi connectivity index (χ3v) is 3.10. The molecule has 0 aromatic rings. The van der Waals surface area contributed by atoms with Crippen LogP contribution in [0, 0.1) is 11.8 Å². The summed E-state index contributed by atoms with van der Waals surface area (Å²) in [6.45, 7) is 11.0. The summed E-state index contributed by atoms with van der Waals surface area (Å²) in [6.07, 6.45) is 6.10. The zero-order chi connectivity index (χ0) is 14.8. The smallest absolute Gasteiger partial charge is 0.322 e. The molecule has 0 bridgehead atoms. The quantitative estimate of drug-likeness (QED) is 0.513. The van der Waals surface area contributed by atoms with Crippen LogP contribution in [0.3, 0.4) is 0 Å². The zero-order valence-corrected chi connectivity index (χ0v) is 13.2. The molecule has 0 radical (unpaired) electrons. The van der Waals surface area contributed by atoms with E-state index in [4.69, 9.17) is 10.5 Å². The Morgan fingerprint density at radius 1 is 1.21 bits per heavy atom. The lowest BCUT2D eigenvalue weighted by Gasteiger charge is -2.15. The van der Waals surface area contributed by atoms with Crippen molar-refractivity contribution in [3.8, 4) is 0 Å². The Morgan fingerprint density at radius 3 is 2.37 bits per heavy atom. The summed E-state index contributed by atoms with van der Waals surface area (Å²) < 4.78 is 5.22. The second-order valence-corrected chi connectivity index (χ2v) is 6.16. The third-order valence-electron chi connectivity index (χ3n) is 3.10. The Balaban J connectivity index is 3.72. The van der Waals surface area contributed by atoms with Crippen molar-refractivity contribution in [2.75, 3.05) is 6.61 Å². The minimum absolute atomic E-state index is 0.259. The lowest BCUT2D eigenvalue weighted by Crippen LogP contribution is -2.33. The van der Waals surface area contributed by atoms with Crippen LogP contribution in [0.15, 0.2) is 11.6 Å². The molecule has 0 fully saturated rings. The van der Waals surface area contributed by atoms with Gasteiger partial charge in [-0.25, -0.2) is 0 Å². The molecule has 0 aliphatic heterocycles. The Morgan fingerprint density at radius 2 is 1.84 bits per heavy atom. The van der Waals surface area contributed by atoms with Crippen molar-refractivity contribution in [3.63, 3.8) is 0 Å². The Bertz CT molecular complexity index is 280. The van der Waals surface area contributed by atoms with Gasteiger partial charge in [-0.15, -0.1) is 0 Å². The number of hydrogen-bond acceptors (Lipinski definition) is 3. The largest absolute Gasteiger partial charge is 0.465 e. The van der Waals surface area contributed by atoms with Crippen LogP contribution < -0.4 is 5.73 Å². The molecule has 0 saturated carbocycles. The van der Waals surface area contributed by atoms with Crippen LogP contribution in [0.1, 0.15) is 60.3 Å². The molecule has 0 aromatic heterocycles.